The number of hydrogen-bond acceptors (Lipinski definition) is 4. The van der Waals surface area contributed by atoms with Crippen molar-refractivity contribution >= 4 is 10.1 Å². The fourth-order valence-electron chi connectivity index (χ4n) is 3.38. The maximum atomic E-state index is 12.2. The van der Waals surface area contributed by atoms with Gasteiger partial charge in [-0.3, -0.25) is 4.55 Å². The van der Waals surface area contributed by atoms with Crippen LogP contribution in [0, 0.1) is 0 Å². The highest BCUT2D eigenvalue weighted by Crippen LogP contribution is 2.38. The summed E-state index contributed by atoms with van der Waals surface area (Å²) in [6.07, 6.45) is 0. The predicted octanol–water partition coefficient (Wildman–Crippen LogP) is 6.62. The quantitative estimate of drug-likeness (QED) is 0.439. The van der Waals surface area contributed by atoms with Crippen molar-refractivity contribution in [2.75, 3.05) is 0 Å². The number of benzene rings is 3. The molecule has 6 heteroatoms. The van der Waals surface area contributed by atoms with E-state index in [1.807, 2.05) is 71.9 Å². The molecule has 0 unspecified atom stereocenters. The summed E-state index contributed by atoms with van der Waals surface area (Å²) < 4.78 is 46.0. The molecule has 1 N–H and O–H groups in total. The van der Waals surface area contributed by atoms with E-state index in [4.69, 9.17) is 9.47 Å². The van der Waals surface area contributed by atoms with Gasteiger partial charge in [-0.1, -0.05) is 36.4 Å². The lowest BCUT2D eigenvalue weighted by molar-refractivity contribution is 0.130. The van der Waals surface area contributed by atoms with Gasteiger partial charge in [0.25, 0.3) is 10.1 Å². The highest BCUT2D eigenvalue weighted by molar-refractivity contribution is 7.86. The summed E-state index contributed by atoms with van der Waals surface area (Å²) in [6.45, 7) is 11.8. The van der Waals surface area contributed by atoms with Crippen molar-refractivity contribution in [2.24, 2.45) is 0 Å². The van der Waals surface area contributed by atoms with Crippen LogP contribution in [-0.2, 0) is 10.1 Å². The first-order valence-electron chi connectivity index (χ1n) is 10.4. The molecule has 5 nitrogen and oxygen atoms in total. The molecule has 3 aromatic carbocycles. The minimum Gasteiger partial charge on any atom is -0.488 e. The second kappa shape index (κ2) is 8.60. The van der Waals surface area contributed by atoms with Gasteiger partial charge in [0, 0.05) is 5.56 Å². The van der Waals surface area contributed by atoms with Gasteiger partial charge in [-0.2, -0.15) is 8.42 Å². The lowest BCUT2D eigenvalue weighted by Gasteiger charge is -2.22. The fraction of sp³-hybridized carbons (Fsp3) is 0.308. The minimum absolute atomic E-state index is 0.144. The van der Waals surface area contributed by atoms with Crippen LogP contribution in [0.1, 0.15) is 41.5 Å². The van der Waals surface area contributed by atoms with E-state index in [9.17, 15) is 13.0 Å². The molecule has 0 aliphatic heterocycles. The first kappa shape index (κ1) is 23.8. The van der Waals surface area contributed by atoms with E-state index in [1.54, 1.807) is 30.3 Å². The standard InChI is InChI=1S/C26H30O5S/c1-25(2,3)30-20-14-10-18(11-15-20)22-8-7-9-23(32(27,28)29)24(22)19-12-16-21(17-13-19)31-26(4,5)6/h7-17H,1-6H3,(H,27,28,29). The van der Waals surface area contributed by atoms with Gasteiger partial charge in [-0.15, -0.1) is 0 Å². The summed E-state index contributed by atoms with van der Waals surface area (Å²) >= 11 is 0. The van der Waals surface area contributed by atoms with Crippen LogP contribution in [0.5, 0.6) is 11.5 Å². The smallest absolute Gasteiger partial charge is 0.295 e. The molecule has 0 atom stereocenters. The van der Waals surface area contributed by atoms with Crippen molar-refractivity contribution in [3.8, 4) is 33.8 Å². The minimum atomic E-state index is -4.44. The maximum absolute atomic E-state index is 12.2. The SMILES string of the molecule is CC(C)(C)Oc1ccc(-c2cccc(S(=O)(=O)O)c2-c2ccc(OC(C)(C)C)cc2)cc1. The molecule has 0 spiro atoms. The van der Waals surface area contributed by atoms with Crippen LogP contribution >= 0.6 is 0 Å². The summed E-state index contributed by atoms with van der Waals surface area (Å²) in [5.41, 5.74) is 1.91. The monoisotopic (exact) mass is 454 g/mol. The Labute approximate surface area is 190 Å². The molecule has 0 radical (unpaired) electrons. The normalized spacial score (nSPS) is 12.5. The van der Waals surface area contributed by atoms with Crippen molar-refractivity contribution in [3.05, 3.63) is 66.7 Å². The van der Waals surface area contributed by atoms with E-state index in [2.05, 4.69) is 0 Å². The zero-order valence-corrected chi connectivity index (χ0v) is 20.2. The molecule has 3 aromatic rings. The lowest BCUT2D eigenvalue weighted by Crippen LogP contribution is -2.22. The summed E-state index contributed by atoms with van der Waals surface area (Å²) in [7, 11) is -4.44. The third-order valence-electron chi connectivity index (χ3n) is 4.46. The highest BCUT2D eigenvalue weighted by atomic mass is 32.2. The maximum Gasteiger partial charge on any atom is 0.295 e. The Kier molecular flexibility index (Phi) is 6.40. The number of hydrogen-bond donors (Lipinski definition) is 1. The Balaban J connectivity index is 2.11. The summed E-state index contributed by atoms with van der Waals surface area (Å²) in [6, 6.07) is 19.5. The fourth-order valence-corrected chi connectivity index (χ4v) is 4.12. The van der Waals surface area contributed by atoms with Gasteiger partial charge in [0.2, 0.25) is 0 Å². The van der Waals surface area contributed by atoms with Crippen molar-refractivity contribution in [1.82, 2.24) is 0 Å². The highest BCUT2D eigenvalue weighted by Gasteiger charge is 2.21. The average Bonchev–Trinajstić information content (AvgIpc) is 2.65. The molecule has 0 fully saturated rings. The Morgan fingerprint density at radius 2 is 1.09 bits per heavy atom. The molecule has 0 heterocycles. The largest absolute Gasteiger partial charge is 0.488 e. The summed E-state index contributed by atoms with van der Waals surface area (Å²) in [4.78, 5) is -0.144. The van der Waals surface area contributed by atoms with E-state index in [-0.39, 0.29) is 16.1 Å². The molecule has 0 saturated carbocycles. The molecule has 0 bridgehead atoms. The molecule has 32 heavy (non-hydrogen) atoms. The van der Waals surface area contributed by atoms with E-state index in [0.717, 1.165) is 11.3 Å². The van der Waals surface area contributed by atoms with Gasteiger partial charge >= 0.3 is 0 Å². The molecule has 0 aliphatic carbocycles. The van der Waals surface area contributed by atoms with Crippen LogP contribution in [0.15, 0.2) is 71.6 Å². The Morgan fingerprint density at radius 1 is 0.656 bits per heavy atom. The van der Waals surface area contributed by atoms with Gasteiger partial charge in [0.05, 0.1) is 0 Å². The summed E-state index contributed by atoms with van der Waals surface area (Å²) in [5, 5.41) is 0. The van der Waals surface area contributed by atoms with Crippen LogP contribution in [0.4, 0.5) is 0 Å². The second-order valence-electron chi connectivity index (χ2n) is 9.63. The van der Waals surface area contributed by atoms with Crippen molar-refractivity contribution in [3.63, 3.8) is 0 Å². The van der Waals surface area contributed by atoms with Crippen LogP contribution < -0.4 is 9.47 Å². The van der Waals surface area contributed by atoms with Gasteiger partial charge < -0.3 is 9.47 Å². The molecular weight excluding hydrogens is 424 g/mol. The van der Waals surface area contributed by atoms with Crippen LogP contribution in [0.3, 0.4) is 0 Å². The summed E-state index contributed by atoms with van der Waals surface area (Å²) in [5.74, 6) is 1.40. The van der Waals surface area contributed by atoms with Crippen molar-refractivity contribution in [2.45, 2.75) is 57.6 Å². The number of rotatable bonds is 5. The topological polar surface area (TPSA) is 72.8 Å². The molecule has 0 saturated heterocycles. The Bertz CT molecular complexity index is 1180. The van der Waals surface area contributed by atoms with Gasteiger partial charge in [-0.25, -0.2) is 0 Å². The zero-order chi connectivity index (χ0) is 23.7. The molecule has 170 valence electrons. The van der Waals surface area contributed by atoms with E-state index >= 15 is 0 Å². The van der Waals surface area contributed by atoms with E-state index < -0.39 is 10.1 Å². The molecule has 0 aromatic heterocycles. The second-order valence-corrected chi connectivity index (χ2v) is 11.0. The molecule has 3 rings (SSSR count). The molecular formula is C26H30O5S. The van der Waals surface area contributed by atoms with Crippen LogP contribution in [-0.4, -0.2) is 24.2 Å². The Morgan fingerprint density at radius 3 is 1.50 bits per heavy atom. The van der Waals surface area contributed by atoms with E-state index in [1.165, 1.54) is 6.07 Å². The Hall–Kier alpha value is -2.83. The van der Waals surface area contributed by atoms with Gasteiger partial charge in [-0.05, 0) is 88.6 Å². The zero-order valence-electron chi connectivity index (χ0n) is 19.3. The molecule has 0 amide bonds. The third-order valence-corrected chi connectivity index (χ3v) is 5.36. The molecule has 0 aliphatic rings. The third kappa shape index (κ3) is 6.11. The van der Waals surface area contributed by atoms with Crippen molar-refractivity contribution in [1.29, 1.82) is 0 Å². The van der Waals surface area contributed by atoms with E-state index in [0.29, 0.717) is 22.4 Å². The first-order chi connectivity index (χ1) is 14.7. The lowest BCUT2D eigenvalue weighted by atomic mass is 9.94. The number of ether oxygens (including phenoxy) is 2. The van der Waals surface area contributed by atoms with Gasteiger partial charge in [0.1, 0.15) is 27.6 Å². The van der Waals surface area contributed by atoms with Gasteiger partial charge in [0.15, 0.2) is 0 Å². The van der Waals surface area contributed by atoms with Crippen molar-refractivity contribution < 1.29 is 22.4 Å². The first-order valence-corrected chi connectivity index (χ1v) is 11.9. The average molecular weight is 455 g/mol. The van der Waals surface area contributed by atoms with Crippen LogP contribution in [0.25, 0.3) is 22.3 Å². The van der Waals surface area contributed by atoms with Crippen LogP contribution in [0.2, 0.25) is 0 Å². The predicted molar refractivity (Wildman–Crippen MR) is 128 cm³/mol.